The van der Waals surface area contributed by atoms with Crippen LogP contribution in [0, 0.1) is 16.0 Å². The van der Waals surface area contributed by atoms with Crippen LogP contribution in [-0.4, -0.2) is 41.4 Å². The number of fused-ring (bicyclic) bond motifs is 1. The van der Waals surface area contributed by atoms with E-state index in [1.54, 1.807) is 5.38 Å². The number of likely N-dealkylation sites (tertiary alicyclic amines) is 1. The van der Waals surface area contributed by atoms with E-state index in [1.165, 1.54) is 6.07 Å². The Morgan fingerprint density at radius 1 is 1.56 bits per heavy atom. The molecule has 2 fully saturated rings. The molecule has 0 saturated carbocycles. The van der Waals surface area contributed by atoms with E-state index in [9.17, 15) is 14.9 Å². The molecule has 2 aliphatic rings. The predicted octanol–water partition coefficient (Wildman–Crippen LogP) is 1.09. The van der Waals surface area contributed by atoms with Crippen LogP contribution in [-0.2, 0) is 0 Å². The summed E-state index contributed by atoms with van der Waals surface area (Å²) in [5, 5.41) is 15.5. The molecule has 0 spiro atoms. The van der Waals surface area contributed by atoms with Gasteiger partial charge in [-0.25, -0.2) is 0 Å². The van der Waals surface area contributed by atoms with Crippen molar-refractivity contribution in [3.63, 3.8) is 0 Å². The normalized spacial score (nSPS) is 26.3. The lowest BCUT2D eigenvalue weighted by Crippen LogP contribution is -2.38. The van der Waals surface area contributed by atoms with Crippen LogP contribution in [0.3, 0.4) is 0 Å². The second-order valence-electron chi connectivity index (χ2n) is 4.70. The van der Waals surface area contributed by atoms with Gasteiger partial charge in [-0.1, -0.05) is 11.3 Å². The van der Waals surface area contributed by atoms with Gasteiger partial charge in [-0.3, -0.25) is 14.9 Å². The second-order valence-corrected chi connectivity index (χ2v) is 5.59. The summed E-state index contributed by atoms with van der Waals surface area (Å²) < 4.78 is 0. The van der Waals surface area contributed by atoms with Gasteiger partial charge in [0.25, 0.3) is 5.91 Å². The fourth-order valence-electron chi connectivity index (χ4n) is 2.80. The lowest BCUT2D eigenvalue weighted by atomic mass is 10.1. The first-order valence-corrected chi connectivity index (χ1v) is 6.79. The van der Waals surface area contributed by atoms with E-state index in [1.807, 2.05) is 4.90 Å². The zero-order valence-corrected chi connectivity index (χ0v) is 10.5. The van der Waals surface area contributed by atoms with Gasteiger partial charge in [0.15, 0.2) is 0 Å². The number of nitrogens with one attached hydrogen (secondary N) is 1. The highest BCUT2D eigenvalue weighted by Gasteiger charge is 2.40. The average molecular weight is 267 g/mol. The number of nitrogens with zero attached hydrogens (tertiary/aromatic N) is 2. The van der Waals surface area contributed by atoms with Crippen LogP contribution in [0.4, 0.5) is 5.00 Å². The molecule has 0 aromatic carbocycles. The molecule has 18 heavy (non-hydrogen) atoms. The van der Waals surface area contributed by atoms with Crippen LogP contribution >= 0.6 is 11.3 Å². The number of amides is 1. The summed E-state index contributed by atoms with van der Waals surface area (Å²) in [7, 11) is 0. The Morgan fingerprint density at radius 2 is 2.39 bits per heavy atom. The van der Waals surface area contributed by atoms with E-state index in [4.69, 9.17) is 0 Å². The molecule has 1 aromatic heterocycles. The van der Waals surface area contributed by atoms with Gasteiger partial charge in [-0.15, -0.1) is 0 Å². The van der Waals surface area contributed by atoms with Crippen LogP contribution in [0.25, 0.3) is 0 Å². The lowest BCUT2D eigenvalue weighted by molar-refractivity contribution is -0.380. The molecule has 0 radical (unpaired) electrons. The van der Waals surface area contributed by atoms with E-state index in [0.29, 0.717) is 11.5 Å². The second kappa shape index (κ2) is 4.33. The van der Waals surface area contributed by atoms with Crippen LogP contribution in [0.15, 0.2) is 11.4 Å². The first-order chi connectivity index (χ1) is 8.66. The molecular formula is C11H13N3O3S. The van der Waals surface area contributed by atoms with Crippen molar-refractivity contribution in [3.8, 4) is 0 Å². The van der Waals surface area contributed by atoms with E-state index in [0.717, 1.165) is 37.4 Å². The summed E-state index contributed by atoms with van der Waals surface area (Å²) in [6.07, 6.45) is 1.02. The molecular weight excluding hydrogens is 254 g/mol. The third kappa shape index (κ3) is 1.79. The fraction of sp³-hybridized carbons (Fsp3) is 0.545. The summed E-state index contributed by atoms with van der Waals surface area (Å²) in [6.45, 7) is 2.57. The summed E-state index contributed by atoms with van der Waals surface area (Å²) in [4.78, 5) is 24.3. The molecule has 7 heteroatoms. The fourth-order valence-corrected chi connectivity index (χ4v) is 3.50. The topological polar surface area (TPSA) is 75.5 Å². The van der Waals surface area contributed by atoms with E-state index in [2.05, 4.69) is 5.32 Å². The average Bonchev–Trinajstić information content (AvgIpc) is 3.04. The first-order valence-electron chi connectivity index (χ1n) is 5.91. The zero-order chi connectivity index (χ0) is 12.7. The van der Waals surface area contributed by atoms with Crippen LogP contribution < -0.4 is 5.32 Å². The van der Waals surface area contributed by atoms with Crippen molar-refractivity contribution >= 4 is 22.2 Å². The van der Waals surface area contributed by atoms with E-state index < -0.39 is 4.92 Å². The lowest BCUT2D eigenvalue weighted by Gasteiger charge is -2.22. The van der Waals surface area contributed by atoms with Gasteiger partial charge in [-0.05, 0) is 12.3 Å². The monoisotopic (exact) mass is 267 g/mol. The maximum absolute atomic E-state index is 12.3. The van der Waals surface area contributed by atoms with Crippen molar-refractivity contribution in [2.24, 2.45) is 5.92 Å². The minimum atomic E-state index is -0.453. The molecule has 1 amide bonds. The van der Waals surface area contributed by atoms with E-state index >= 15 is 0 Å². The van der Waals surface area contributed by atoms with Crippen molar-refractivity contribution in [1.29, 1.82) is 0 Å². The number of nitro groups is 1. The van der Waals surface area contributed by atoms with Crippen molar-refractivity contribution < 1.29 is 9.72 Å². The maximum atomic E-state index is 12.3. The Balaban J connectivity index is 1.79. The Labute approximate surface area is 108 Å². The van der Waals surface area contributed by atoms with Crippen LogP contribution in [0.1, 0.15) is 16.8 Å². The van der Waals surface area contributed by atoms with Gasteiger partial charge < -0.3 is 10.2 Å². The molecule has 2 aliphatic heterocycles. The van der Waals surface area contributed by atoms with Gasteiger partial charge >= 0.3 is 5.00 Å². The number of rotatable bonds is 2. The molecule has 2 saturated heterocycles. The number of hydrogen-bond donors (Lipinski definition) is 1. The van der Waals surface area contributed by atoms with E-state index in [-0.39, 0.29) is 17.0 Å². The molecule has 96 valence electrons. The highest BCUT2D eigenvalue weighted by atomic mass is 32.1. The Bertz CT molecular complexity index is 501. The molecule has 6 nitrogen and oxygen atoms in total. The SMILES string of the molecule is O=C(c1csc([N+](=O)[O-])c1)N1CC[C@H]2CNC[C@H]21. The zero-order valence-electron chi connectivity index (χ0n) is 9.67. The Morgan fingerprint density at radius 3 is 3.11 bits per heavy atom. The quantitative estimate of drug-likeness (QED) is 0.643. The Hall–Kier alpha value is -1.47. The molecule has 0 bridgehead atoms. The summed E-state index contributed by atoms with van der Waals surface area (Å²) in [5.41, 5.74) is 0.444. The number of thiophene rings is 1. The highest BCUT2D eigenvalue weighted by molar-refractivity contribution is 7.13. The predicted molar refractivity (Wildman–Crippen MR) is 66.8 cm³/mol. The maximum Gasteiger partial charge on any atom is 0.324 e. The third-order valence-corrected chi connectivity index (χ3v) is 4.60. The van der Waals surface area contributed by atoms with Gasteiger partial charge in [0.1, 0.15) is 0 Å². The number of carbonyl (C=O) groups excluding carboxylic acids is 1. The highest BCUT2D eigenvalue weighted by Crippen LogP contribution is 2.30. The van der Waals surface area contributed by atoms with Gasteiger partial charge in [0.05, 0.1) is 10.5 Å². The molecule has 0 aliphatic carbocycles. The molecule has 3 rings (SSSR count). The molecule has 2 atom stereocenters. The molecule has 1 N–H and O–H groups in total. The van der Waals surface area contributed by atoms with Crippen molar-refractivity contribution in [1.82, 2.24) is 10.2 Å². The van der Waals surface area contributed by atoms with Crippen molar-refractivity contribution in [2.75, 3.05) is 19.6 Å². The van der Waals surface area contributed by atoms with Gasteiger partial charge in [-0.2, -0.15) is 0 Å². The summed E-state index contributed by atoms with van der Waals surface area (Å²) in [5.74, 6) is 0.470. The summed E-state index contributed by atoms with van der Waals surface area (Å²) in [6, 6.07) is 1.64. The minimum Gasteiger partial charge on any atom is -0.334 e. The van der Waals surface area contributed by atoms with Crippen molar-refractivity contribution in [3.05, 3.63) is 27.1 Å². The van der Waals surface area contributed by atoms with Crippen LogP contribution in [0.5, 0.6) is 0 Å². The van der Waals surface area contributed by atoms with Crippen molar-refractivity contribution in [2.45, 2.75) is 12.5 Å². The number of carbonyl (C=O) groups is 1. The first kappa shape index (κ1) is 11.6. The minimum absolute atomic E-state index is 0.0265. The smallest absolute Gasteiger partial charge is 0.324 e. The van der Waals surface area contributed by atoms with Gasteiger partial charge in [0.2, 0.25) is 0 Å². The Kier molecular flexibility index (Phi) is 2.79. The third-order valence-electron chi connectivity index (χ3n) is 3.72. The summed E-state index contributed by atoms with van der Waals surface area (Å²) >= 11 is 1.01. The largest absolute Gasteiger partial charge is 0.334 e. The van der Waals surface area contributed by atoms with Gasteiger partial charge in [0, 0.05) is 37.1 Å². The molecule has 0 unspecified atom stereocenters. The van der Waals surface area contributed by atoms with Crippen LogP contribution in [0.2, 0.25) is 0 Å². The molecule has 1 aromatic rings. The standard InChI is InChI=1S/C11H13N3O3S/c15-11(8-3-10(14(16)17)18-6-8)13-2-1-7-4-12-5-9(7)13/h3,6-7,9,12H,1-2,4-5H2/t7-,9+/m0/s1. The molecule has 3 heterocycles. The number of hydrogen-bond acceptors (Lipinski definition) is 5.